The van der Waals surface area contributed by atoms with E-state index in [0.29, 0.717) is 5.75 Å². The van der Waals surface area contributed by atoms with Crippen LogP contribution >= 0.6 is 0 Å². The monoisotopic (exact) mass is 257 g/mol. The summed E-state index contributed by atoms with van der Waals surface area (Å²) < 4.78 is 0. The third-order valence-electron chi connectivity index (χ3n) is 5.70. The predicted molar refractivity (Wildman–Crippen MR) is 75.8 cm³/mol. The highest BCUT2D eigenvalue weighted by Crippen LogP contribution is 2.53. The van der Waals surface area contributed by atoms with E-state index in [1.54, 1.807) is 12.1 Å². The van der Waals surface area contributed by atoms with E-state index in [-0.39, 0.29) is 0 Å². The van der Waals surface area contributed by atoms with Crippen LogP contribution in [0.15, 0.2) is 24.3 Å². The van der Waals surface area contributed by atoms with Gasteiger partial charge in [0, 0.05) is 12.6 Å². The van der Waals surface area contributed by atoms with Crippen molar-refractivity contribution in [3.05, 3.63) is 29.8 Å². The smallest absolute Gasteiger partial charge is 0.115 e. The van der Waals surface area contributed by atoms with Crippen LogP contribution in [0.4, 0.5) is 0 Å². The summed E-state index contributed by atoms with van der Waals surface area (Å²) in [5.41, 5.74) is 1.28. The number of phenolic OH excluding ortho intramolecular Hbond substituents is 1. The van der Waals surface area contributed by atoms with Crippen LogP contribution < -0.4 is 5.32 Å². The lowest BCUT2D eigenvalue weighted by Gasteiger charge is -2.54. The summed E-state index contributed by atoms with van der Waals surface area (Å²) in [6.45, 7) is 0.952. The van der Waals surface area contributed by atoms with E-state index in [2.05, 4.69) is 5.32 Å². The Bertz CT molecular complexity index is 425. The fraction of sp³-hybridized carbons (Fsp3) is 0.647. The lowest BCUT2D eigenvalue weighted by Crippen LogP contribution is -2.54. The number of hydrogen-bond donors (Lipinski definition) is 2. The molecule has 0 amide bonds. The zero-order chi connectivity index (χ0) is 12.8. The molecule has 4 bridgehead atoms. The molecule has 0 radical (unpaired) electrons. The number of phenols is 1. The first kappa shape index (κ1) is 11.8. The van der Waals surface area contributed by atoms with Gasteiger partial charge in [-0.05, 0) is 73.5 Å². The van der Waals surface area contributed by atoms with Gasteiger partial charge in [-0.2, -0.15) is 0 Å². The standard InChI is InChI=1S/C17H23NO/c19-16-3-1-11(2-4-16)10-18-17-14-6-12-5-13(8-14)9-15(17)7-12/h1-4,12-15,17-19H,5-10H2. The van der Waals surface area contributed by atoms with Crippen molar-refractivity contribution in [2.45, 2.75) is 44.7 Å². The average Bonchev–Trinajstić information content (AvgIpc) is 2.39. The molecule has 2 heteroatoms. The van der Waals surface area contributed by atoms with Crippen LogP contribution in [-0.2, 0) is 6.54 Å². The fourth-order valence-electron chi connectivity index (χ4n) is 5.11. The van der Waals surface area contributed by atoms with Crippen molar-refractivity contribution < 1.29 is 5.11 Å². The molecule has 5 rings (SSSR count). The van der Waals surface area contributed by atoms with Gasteiger partial charge >= 0.3 is 0 Å². The minimum atomic E-state index is 0.360. The third-order valence-corrected chi connectivity index (χ3v) is 5.70. The summed E-state index contributed by atoms with van der Waals surface area (Å²) in [5, 5.41) is 13.1. The molecule has 4 saturated carbocycles. The summed E-state index contributed by atoms with van der Waals surface area (Å²) in [6.07, 6.45) is 7.42. The predicted octanol–water partition coefficient (Wildman–Crippen LogP) is 3.31. The van der Waals surface area contributed by atoms with E-state index < -0.39 is 0 Å². The molecule has 2 nitrogen and oxygen atoms in total. The van der Waals surface area contributed by atoms with E-state index in [9.17, 15) is 5.11 Å². The third kappa shape index (κ3) is 2.16. The SMILES string of the molecule is Oc1ccc(CNC2C3CC4CC(C3)CC2C4)cc1. The van der Waals surface area contributed by atoms with Crippen LogP contribution in [0.2, 0.25) is 0 Å². The van der Waals surface area contributed by atoms with Gasteiger partial charge in [0.2, 0.25) is 0 Å². The van der Waals surface area contributed by atoms with Gasteiger partial charge in [-0.3, -0.25) is 0 Å². The zero-order valence-electron chi connectivity index (χ0n) is 11.4. The van der Waals surface area contributed by atoms with Crippen molar-refractivity contribution in [2.75, 3.05) is 0 Å². The Balaban J connectivity index is 1.42. The van der Waals surface area contributed by atoms with Crippen molar-refractivity contribution >= 4 is 0 Å². The van der Waals surface area contributed by atoms with Crippen LogP contribution in [0.25, 0.3) is 0 Å². The Hall–Kier alpha value is -1.02. The normalized spacial score (nSPS) is 39.7. The van der Waals surface area contributed by atoms with Gasteiger partial charge in [-0.1, -0.05) is 12.1 Å². The van der Waals surface area contributed by atoms with Crippen LogP contribution in [0.3, 0.4) is 0 Å². The maximum atomic E-state index is 9.32. The highest BCUT2D eigenvalue weighted by Gasteiger charge is 2.47. The summed E-state index contributed by atoms with van der Waals surface area (Å²) in [6, 6.07) is 8.38. The Labute approximate surface area is 115 Å². The molecule has 102 valence electrons. The van der Waals surface area contributed by atoms with Crippen molar-refractivity contribution in [2.24, 2.45) is 23.7 Å². The van der Waals surface area contributed by atoms with Crippen molar-refractivity contribution in [3.63, 3.8) is 0 Å². The van der Waals surface area contributed by atoms with E-state index >= 15 is 0 Å². The topological polar surface area (TPSA) is 32.3 Å². The van der Waals surface area contributed by atoms with E-state index in [0.717, 1.165) is 36.3 Å². The van der Waals surface area contributed by atoms with Gasteiger partial charge in [0.15, 0.2) is 0 Å². The van der Waals surface area contributed by atoms with Crippen molar-refractivity contribution in [3.8, 4) is 5.75 Å². The van der Waals surface area contributed by atoms with Gasteiger partial charge in [-0.25, -0.2) is 0 Å². The Morgan fingerprint density at radius 3 is 2.05 bits per heavy atom. The van der Waals surface area contributed by atoms with E-state index in [1.807, 2.05) is 12.1 Å². The van der Waals surface area contributed by atoms with Crippen molar-refractivity contribution in [1.29, 1.82) is 0 Å². The number of rotatable bonds is 3. The van der Waals surface area contributed by atoms with Gasteiger partial charge in [0.05, 0.1) is 0 Å². The van der Waals surface area contributed by atoms with Crippen LogP contribution in [-0.4, -0.2) is 11.1 Å². The molecule has 4 aliphatic rings. The first-order chi connectivity index (χ1) is 9.28. The molecule has 0 saturated heterocycles. The van der Waals surface area contributed by atoms with Gasteiger partial charge in [0.1, 0.15) is 5.75 Å². The molecule has 0 unspecified atom stereocenters. The summed E-state index contributed by atoms with van der Waals surface area (Å²) >= 11 is 0. The maximum Gasteiger partial charge on any atom is 0.115 e. The zero-order valence-corrected chi connectivity index (χ0v) is 11.4. The minimum Gasteiger partial charge on any atom is -0.508 e. The second-order valence-electron chi connectivity index (χ2n) is 7.00. The fourth-order valence-corrected chi connectivity index (χ4v) is 5.11. The van der Waals surface area contributed by atoms with Crippen molar-refractivity contribution in [1.82, 2.24) is 5.32 Å². The lowest BCUT2D eigenvalue weighted by atomic mass is 9.54. The highest BCUT2D eigenvalue weighted by molar-refractivity contribution is 5.25. The number of aromatic hydroxyl groups is 1. The van der Waals surface area contributed by atoms with Gasteiger partial charge < -0.3 is 10.4 Å². The Morgan fingerprint density at radius 2 is 1.47 bits per heavy atom. The Morgan fingerprint density at radius 1 is 0.895 bits per heavy atom. The molecule has 4 fully saturated rings. The second kappa shape index (κ2) is 4.52. The molecule has 0 aliphatic heterocycles. The molecule has 19 heavy (non-hydrogen) atoms. The van der Waals surface area contributed by atoms with Gasteiger partial charge in [0.25, 0.3) is 0 Å². The number of hydrogen-bond acceptors (Lipinski definition) is 2. The minimum absolute atomic E-state index is 0.360. The summed E-state index contributed by atoms with van der Waals surface area (Å²) in [7, 11) is 0. The molecule has 0 spiro atoms. The van der Waals surface area contributed by atoms with E-state index in [4.69, 9.17) is 0 Å². The quantitative estimate of drug-likeness (QED) is 0.870. The summed E-state index contributed by atoms with van der Waals surface area (Å²) in [4.78, 5) is 0. The highest BCUT2D eigenvalue weighted by atomic mass is 16.3. The number of benzene rings is 1. The molecule has 1 aromatic rings. The van der Waals surface area contributed by atoms with Crippen LogP contribution in [0.5, 0.6) is 5.75 Å². The molecular weight excluding hydrogens is 234 g/mol. The molecule has 2 N–H and O–H groups in total. The first-order valence-electron chi connectivity index (χ1n) is 7.79. The molecule has 1 aromatic carbocycles. The molecule has 4 aliphatic carbocycles. The lowest BCUT2D eigenvalue weighted by molar-refractivity contribution is -0.0142. The summed E-state index contributed by atoms with van der Waals surface area (Å²) in [5.74, 6) is 4.34. The molecule has 0 atom stereocenters. The molecule has 0 aromatic heterocycles. The largest absolute Gasteiger partial charge is 0.508 e. The maximum absolute atomic E-state index is 9.32. The average molecular weight is 257 g/mol. The van der Waals surface area contributed by atoms with Crippen LogP contribution in [0, 0.1) is 23.7 Å². The van der Waals surface area contributed by atoms with Gasteiger partial charge in [-0.15, -0.1) is 0 Å². The first-order valence-corrected chi connectivity index (χ1v) is 7.79. The molecule has 0 heterocycles. The second-order valence-corrected chi connectivity index (χ2v) is 7.00. The molecular formula is C17H23NO. The van der Waals surface area contributed by atoms with E-state index in [1.165, 1.54) is 37.7 Å². The van der Waals surface area contributed by atoms with Crippen LogP contribution in [0.1, 0.15) is 37.7 Å². The number of nitrogens with one attached hydrogen (secondary N) is 1. The Kier molecular flexibility index (Phi) is 2.80.